The number of nitrogens with one attached hydrogen (secondary N) is 1. The van der Waals surface area contributed by atoms with E-state index in [1.807, 2.05) is 0 Å². The summed E-state index contributed by atoms with van der Waals surface area (Å²) in [5.41, 5.74) is 1.82. The Morgan fingerprint density at radius 1 is 1.16 bits per heavy atom. The first-order chi connectivity index (χ1) is 12.0. The van der Waals surface area contributed by atoms with Crippen LogP contribution >= 0.6 is 11.6 Å². The number of Topliss-reactive ketones (excluding diaryl/α,β-unsaturated/α-hetero) is 1. The first-order valence-corrected chi connectivity index (χ1v) is 7.83. The molecule has 0 bridgehead atoms. The summed E-state index contributed by atoms with van der Waals surface area (Å²) in [4.78, 5) is 23.7. The second-order valence-corrected chi connectivity index (χ2v) is 5.79. The Hall–Kier alpha value is -3.06. The van der Waals surface area contributed by atoms with E-state index < -0.39 is 0 Å². The van der Waals surface area contributed by atoms with E-state index in [1.54, 1.807) is 48.5 Å². The lowest BCUT2D eigenvalue weighted by molar-refractivity contribution is -0.116. The number of carbonyl (C=O) groups excluding carboxylic acids is 2. The molecule has 0 radical (unpaired) electrons. The Bertz CT molecular complexity index is 921. The van der Waals surface area contributed by atoms with Gasteiger partial charge in [-0.1, -0.05) is 23.7 Å². The van der Waals surface area contributed by atoms with Crippen molar-refractivity contribution in [3.05, 3.63) is 59.1 Å². The molecule has 25 heavy (non-hydrogen) atoms. The number of aromatic nitrogens is 4. The van der Waals surface area contributed by atoms with Crippen molar-refractivity contribution in [1.82, 2.24) is 20.2 Å². The fraction of sp³-hybridized carbons (Fsp3) is 0.118. The summed E-state index contributed by atoms with van der Waals surface area (Å²) in [7, 11) is 0. The molecule has 3 aromatic rings. The molecular weight excluding hydrogens is 342 g/mol. The number of anilines is 1. The van der Waals surface area contributed by atoms with Gasteiger partial charge in [0.1, 0.15) is 6.54 Å². The summed E-state index contributed by atoms with van der Waals surface area (Å²) in [6.45, 7) is 1.41. The molecule has 0 spiro atoms. The minimum atomic E-state index is -0.303. The van der Waals surface area contributed by atoms with E-state index in [1.165, 1.54) is 11.6 Å². The van der Waals surface area contributed by atoms with Crippen LogP contribution in [0.4, 0.5) is 5.69 Å². The fourth-order valence-corrected chi connectivity index (χ4v) is 2.40. The average molecular weight is 356 g/mol. The molecule has 0 aliphatic carbocycles. The quantitative estimate of drug-likeness (QED) is 0.711. The molecule has 0 aliphatic heterocycles. The van der Waals surface area contributed by atoms with Crippen molar-refractivity contribution in [3.63, 3.8) is 0 Å². The van der Waals surface area contributed by atoms with E-state index in [9.17, 15) is 9.59 Å². The third kappa shape index (κ3) is 4.07. The molecule has 0 fully saturated rings. The molecule has 1 N–H and O–H groups in total. The number of hydrogen-bond donors (Lipinski definition) is 1. The van der Waals surface area contributed by atoms with Gasteiger partial charge in [-0.15, -0.1) is 5.10 Å². The van der Waals surface area contributed by atoms with Crippen molar-refractivity contribution >= 4 is 29.0 Å². The molecule has 8 heteroatoms. The third-order valence-corrected chi connectivity index (χ3v) is 3.73. The summed E-state index contributed by atoms with van der Waals surface area (Å²) >= 11 is 5.88. The summed E-state index contributed by atoms with van der Waals surface area (Å²) in [6.07, 6.45) is 0. The Kier molecular flexibility index (Phi) is 4.85. The van der Waals surface area contributed by atoms with Gasteiger partial charge in [-0.2, -0.15) is 0 Å². The zero-order chi connectivity index (χ0) is 17.8. The van der Waals surface area contributed by atoms with Gasteiger partial charge in [0.05, 0.1) is 0 Å². The number of benzene rings is 2. The van der Waals surface area contributed by atoms with E-state index >= 15 is 0 Å². The van der Waals surface area contributed by atoms with E-state index in [4.69, 9.17) is 11.6 Å². The number of rotatable bonds is 5. The predicted octanol–water partition coefficient (Wildman–Crippen LogP) is 2.83. The maximum absolute atomic E-state index is 12.3. The van der Waals surface area contributed by atoms with Gasteiger partial charge in [-0.05, 0) is 53.7 Å². The highest BCUT2D eigenvalue weighted by Crippen LogP contribution is 2.19. The second kappa shape index (κ2) is 7.23. The van der Waals surface area contributed by atoms with Crippen LogP contribution in [-0.2, 0) is 11.3 Å². The van der Waals surface area contributed by atoms with Crippen molar-refractivity contribution in [3.8, 4) is 11.4 Å². The van der Waals surface area contributed by atoms with Crippen LogP contribution < -0.4 is 5.32 Å². The lowest BCUT2D eigenvalue weighted by Crippen LogP contribution is -2.20. The number of tetrazole rings is 1. The molecule has 2 aromatic carbocycles. The van der Waals surface area contributed by atoms with Crippen molar-refractivity contribution in [2.75, 3.05) is 5.32 Å². The molecule has 1 amide bonds. The highest BCUT2D eigenvalue weighted by Gasteiger charge is 2.13. The molecule has 126 valence electrons. The number of nitrogens with zero attached hydrogens (tertiary/aromatic N) is 4. The molecule has 7 nitrogen and oxygen atoms in total. The lowest BCUT2D eigenvalue weighted by Gasteiger charge is -2.07. The van der Waals surface area contributed by atoms with Gasteiger partial charge in [0, 0.05) is 21.8 Å². The van der Waals surface area contributed by atoms with Crippen molar-refractivity contribution in [2.24, 2.45) is 0 Å². The van der Waals surface area contributed by atoms with Gasteiger partial charge in [0.2, 0.25) is 5.91 Å². The first kappa shape index (κ1) is 16.8. The van der Waals surface area contributed by atoms with E-state index in [-0.39, 0.29) is 18.2 Å². The molecule has 1 heterocycles. The molecule has 0 aliphatic rings. The van der Waals surface area contributed by atoms with Crippen LogP contribution in [0.2, 0.25) is 5.02 Å². The monoisotopic (exact) mass is 355 g/mol. The Labute approximate surface area is 148 Å². The second-order valence-electron chi connectivity index (χ2n) is 5.35. The SMILES string of the molecule is CC(=O)c1cccc(NC(=O)Cn2nnnc2-c2ccc(Cl)cc2)c1. The standard InChI is InChI=1S/C17H14ClN5O2/c1-11(24)13-3-2-4-15(9-13)19-16(25)10-23-17(20-21-22-23)12-5-7-14(18)8-6-12/h2-9H,10H2,1H3,(H,19,25). The number of carbonyl (C=O) groups is 2. The van der Waals surface area contributed by atoms with Gasteiger partial charge in [0.25, 0.3) is 0 Å². The number of halogens is 1. The fourth-order valence-electron chi connectivity index (χ4n) is 2.27. The average Bonchev–Trinajstić information content (AvgIpc) is 3.03. The van der Waals surface area contributed by atoms with Crippen LogP contribution in [0, 0.1) is 0 Å². The highest BCUT2D eigenvalue weighted by atomic mass is 35.5. The van der Waals surface area contributed by atoms with Crippen molar-refractivity contribution in [2.45, 2.75) is 13.5 Å². The minimum Gasteiger partial charge on any atom is -0.324 e. The van der Waals surface area contributed by atoms with E-state index in [2.05, 4.69) is 20.8 Å². The summed E-state index contributed by atoms with van der Waals surface area (Å²) < 4.78 is 1.40. The van der Waals surface area contributed by atoms with Crippen LogP contribution in [0.25, 0.3) is 11.4 Å². The van der Waals surface area contributed by atoms with Gasteiger partial charge in [-0.25, -0.2) is 4.68 Å². The molecular formula is C17H14ClN5O2. The molecule has 0 unspecified atom stereocenters. The van der Waals surface area contributed by atoms with Crippen molar-refractivity contribution in [1.29, 1.82) is 0 Å². The van der Waals surface area contributed by atoms with Crippen LogP contribution in [-0.4, -0.2) is 31.9 Å². The normalized spacial score (nSPS) is 10.5. The number of amides is 1. The minimum absolute atomic E-state index is 0.0603. The third-order valence-electron chi connectivity index (χ3n) is 3.48. The topological polar surface area (TPSA) is 89.8 Å². The number of ketones is 1. The van der Waals surface area contributed by atoms with Crippen molar-refractivity contribution < 1.29 is 9.59 Å². The Morgan fingerprint density at radius 2 is 1.92 bits per heavy atom. The molecule has 3 rings (SSSR count). The van der Waals surface area contributed by atoms with Crippen LogP contribution in [0.1, 0.15) is 17.3 Å². The van der Waals surface area contributed by atoms with Gasteiger partial charge in [-0.3, -0.25) is 9.59 Å². The zero-order valence-electron chi connectivity index (χ0n) is 13.3. The predicted molar refractivity (Wildman–Crippen MR) is 93.3 cm³/mol. The Morgan fingerprint density at radius 3 is 2.64 bits per heavy atom. The van der Waals surface area contributed by atoms with E-state index in [0.717, 1.165) is 5.56 Å². The molecule has 0 saturated heterocycles. The largest absolute Gasteiger partial charge is 0.324 e. The summed E-state index contributed by atoms with van der Waals surface area (Å²) in [5.74, 6) is 0.0918. The summed E-state index contributed by atoms with van der Waals surface area (Å²) in [5, 5.41) is 14.8. The zero-order valence-corrected chi connectivity index (χ0v) is 14.1. The maximum atomic E-state index is 12.3. The molecule has 0 atom stereocenters. The van der Waals surface area contributed by atoms with Crippen LogP contribution in [0.15, 0.2) is 48.5 Å². The first-order valence-electron chi connectivity index (χ1n) is 7.46. The van der Waals surface area contributed by atoms with Gasteiger partial charge < -0.3 is 5.32 Å². The molecule has 1 aromatic heterocycles. The van der Waals surface area contributed by atoms with Gasteiger partial charge >= 0.3 is 0 Å². The number of hydrogen-bond acceptors (Lipinski definition) is 5. The molecule has 0 saturated carbocycles. The van der Waals surface area contributed by atoms with Gasteiger partial charge in [0.15, 0.2) is 11.6 Å². The maximum Gasteiger partial charge on any atom is 0.246 e. The van der Waals surface area contributed by atoms with E-state index in [0.29, 0.717) is 22.1 Å². The Balaban J connectivity index is 1.74. The van der Waals surface area contributed by atoms with Crippen LogP contribution in [0.3, 0.4) is 0 Å². The lowest BCUT2D eigenvalue weighted by atomic mass is 10.1. The highest BCUT2D eigenvalue weighted by molar-refractivity contribution is 6.30. The smallest absolute Gasteiger partial charge is 0.246 e. The summed E-state index contributed by atoms with van der Waals surface area (Å²) in [6, 6.07) is 13.7. The van der Waals surface area contributed by atoms with Crippen LogP contribution in [0.5, 0.6) is 0 Å².